The normalized spacial score (nSPS) is 12.1. The van der Waals surface area contributed by atoms with Crippen LogP contribution in [0.15, 0.2) is 30.9 Å². The summed E-state index contributed by atoms with van der Waals surface area (Å²) in [7, 11) is 0. The molecule has 7 nitrogen and oxygen atoms in total. The van der Waals surface area contributed by atoms with E-state index >= 15 is 0 Å². The highest BCUT2D eigenvalue weighted by molar-refractivity contribution is 6.29. The van der Waals surface area contributed by atoms with Gasteiger partial charge in [0, 0.05) is 31.0 Å². The first-order chi connectivity index (χ1) is 9.06. The number of hydrogen-bond donors (Lipinski definition) is 1. The molecule has 100 valence electrons. The summed E-state index contributed by atoms with van der Waals surface area (Å²) in [5.41, 5.74) is -0.0955. The van der Waals surface area contributed by atoms with E-state index in [-0.39, 0.29) is 22.7 Å². The Labute approximate surface area is 114 Å². The zero-order chi connectivity index (χ0) is 13.8. The van der Waals surface area contributed by atoms with E-state index in [1.807, 2.05) is 17.7 Å². The molecule has 0 aliphatic rings. The predicted molar refractivity (Wildman–Crippen MR) is 71.2 cm³/mol. The van der Waals surface area contributed by atoms with Gasteiger partial charge in [0.2, 0.25) is 5.82 Å². The van der Waals surface area contributed by atoms with Crippen molar-refractivity contribution in [3.05, 3.63) is 46.1 Å². The maximum atomic E-state index is 10.9. The van der Waals surface area contributed by atoms with Crippen LogP contribution < -0.4 is 5.32 Å². The Bertz CT molecular complexity index is 572. The summed E-state index contributed by atoms with van der Waals surface area (Å²) in [5.74, 6) is 0.171. The van der Waals surface area contributed by atoms with E-state index in [9.17, 15) is 10.1 Å². The van der Waals surface area contributed by atoms with E-state index in [0.717, 1.165) is 0 Å². The highest BCUT2D eigenvalue weighted by Gasteiger charge is 2.17. The monoisotopic (exact) mass is 281 g/mol. The van der Waals surface area contributed by atoms with Crippen LogP contribution in [0.2, 0.25) is 5.15 Å². The van der Waals surface area contributed by atoms with Crippen molar-refractivity contribution in [2.24, 2.45) is 0 Å². The summed E-state index contributed by atoms with van der Waals surface area (Å²) in [5, 5.41) is 14.1. The quantitative estimate of drug-likeness (QED) is 0.516. The molecule has 8 heteroatoms. The molecule has 1 N–H and O–H groups in total. The lowest BCUT2D eigenvalue weighted by Gasteiger charge is -2.15. The highest BCUT2D eigenvalue weighted by Crippen LogP contribution is 2.24. The van der Waals surface area contributed by atoms with E-state index in [1.54, 1.807) is 12.5 Å². The minimum atomic E-state index is -0.490. The predicted octanol–water partition coefficient (Wildman–Crippen LogP) is 2.34. The number of pyridine rings is 1. The van der Waals surface area contributed by atoms with Crippen LogP contribution in [0.1, 0.15) is 6.92 Å². The lowest BCUT2D eigenvalue weighted by atomic mass is 10.3. The zero-order valence-electron chi connectivity index (χ0n) is 10.2. The lowest BCUT2D eigenvalue weighted by molar-refractivity contribution is -0.384. The average Bonchev–Trinajstić information content (AvgIpc) is 2.81. The minimum absolute atomic E-state index is 0.0566. The number of hydrogen-bond acceptors (Lipinski definition) is 5. The second-order valence-corrected chi connectivity index (χ2v) is 4.45. The summed E-state index contributed by atoms with van der Waals surface area (Å²) in [4.78, 5) is 18.3. The molecule has 0 aromatic carbocycles. The summed E-state index contributed by atoms with van der Waals surface area (Å²) in [6, 6.07) is 2.67. The number of imidazole rings is 1. The number of halogens is 1. The molecule has 2 rings (SSSR count). The summed E-state index contributed by atoms with van der Waals surface area (Å²) >= 11 is 5.76. The Morgan fingerprint density at radius 1 is 1.58 bits per heavy atom. The molecule has 0 bridgehead atoms. The van der Waals surface area contributed by atoms with Crippen molar-refractivity contribution < 1.29 is 4.92 Å². The molecular formula is C11H12ClN5O2. The topological polar surface area (TPSA) is 85.9 Å². The smallest absolute Gasteiger partial charge is 0.311 e. The maximum absolute atomic E-state index is 10.9. The van der Waals surface area contributed by atoms with Gasteiger partial charge in [-0.1, -0.05) is 11.6 Å². The second kappa shape index (κ2) is 5.66. The third-order valence-electron chi connectivity index (χ3n) is 2.46. The van der Waals surface area contributed by atoms with Crippen LogP contribution in [0.5, 0.6) is 0 Å². The number of rotatable bonds is 5. The first-order valence-electron chi connectivity index (χ1n) is 5.59. The summed E-state index contributed by atoms with van der Waals surface area (Å²) in [6.07, 6.45) is 5.17. The number of nitrogens with one attached hydrogen (secondary N) is 1. The number of aromatic nitrogens is 3. The van der Waals surface area contributed by atoms with Crippen LogP contribution >= 0.6 is 11.6 Å². The van der Waals surface area contributed by atoms with E-state index in [4.69, 9.17) is 11.6 Å². The molecule has 0 aliphatic heterocycles. The van der Waals surface area contributed by atoms with Gasteiger partial charge in [0.1, 0.15) is 5.15 Å². The molecule has 0 saturated carbocycles. The molecule has 0 fully saturated rings. The zero-order valence-corrected chi connectivity index (χ0v) is 10.9. The van der Waals surface area contributed by atoms with Crippen LogP contribution in [0.25, 0.3) is 0 Å². The fraction of sp³-hybridized carbons (Fsp3) is 0.273. The Morgan fingerprint density at radius 2 is 2.37 bits per heavy atom. The van der Waals surface area contributed by atoms with E-state index in [0.29, 0.717) is 6.54 Å². The maximum Gasteiger partial charge on any atom is 0.311 e. The van der Waals surface area contributed by atoms with E-state index in [1.165, 1.54) is 12.1 Å². The highest BCUT2D eigenvalue weighted by atomic mass is 35.5. The first-order valence-corrected chi connectivity index (χ1v) is 5.97. The van der Waals surface area contributed by atoms with Crippen LogP contribution in [0, 0.1) is 10.1 Å². The molecule has 1 atom stereocenters. The molecule has 0 spiro atoms. The fourth-order valence-electron chi connectivity index (χ4n) is 1.67. The van der Waals surface area contributed by atoms with Gasteiger partial charge in [-0.15, -0.1) is 0 Å². The minimum Gasteiger partial charge on any atom is -0.360 e. The van der Waals surface area contributed by atoms with Crippen molar-refractivity contribution in [3.8, 4) is 0 Å². The number of anilines is 1. The third-order valence-corrected chi connectivity index (χ3v) is 2.67. The lowest BCUT2D eigenvalue weighted by Crippen LogP contribution is -2.22. The Balaban J connectivity index is 2.13. The molecule has 19 heavy (non-hydrogen) atoms. The SMILES string of the molecule is CC(Cn1ccnc1)Nc1nc(Cl)ccc1[N+](=O)[O-]. The molecular weight excluding hydrogens is 270 g/mol. The Hall–Kier alpha value is -2.15. The molecule has 0 radical (unpaired) electrons. The van der Waals surface area contributed by atoms with E-state index in [2.05, 4.69) is 15.3 Å². The molecule has 0 amide bonds. The van der Waals surface area contributed by atoms with Gasteiger partial charge in [-0.25, -0.2) is 9.97 Å². The molecule has 0 aliphatic carbocycles. The van der Waals surface area contributed by atoms with Gasteiger partial charge < -0.3 is 9.88 Å². The first kappa shape index (κ1) is 13.3. The third kappa shape index (κ3) is 3.41. The number of nitro groups is 1. The second-order valence-electron chi connectivity index (χ2n) is 4.06. The van der Waals surface area contributed by atoms with E-state index < -0.39 is 4.92 Å². The van der Waals surface area contributed by atoms with Gasteiger partial charge in [0.15, 0.2) is 0 Å². The van der Waals surface area contributed by atoms with Gasteiger partial charge in [-0.3, -0.25) is 10.1 Å². The largest absolute Gasteiger partial charge is 0.360 e. The summed E-state index contributed by atoms with van der Waals surface area (Å²) in [6.45, 7) is 2.51. The Morgan fingerprint density at radius 3 is 3.00 bits per heavy atom. The average molecular weight is 282 g/mol. The van der Waals surface area contributed by atoms with Crippen LogP contribution in [0.3, 0.4) is 0 Å². The standard InChI is InChI=1S/C11H12ClN5O2/c1-8(6-16-5-4-13-7-16)14-11-9(17(18)19)2-3-10(12)15-11/h2-5,7-8H,6H2,1H3,(H,14,15). The fourth-order valence-corrected chi connectivity index (χ4v) is 1.82. The summed E-state index contributed by atoms with van der Waals surface area (Å²) < 4.78 is 1.87. The van der Waals surface area contributed by atoms with Crippen molar-refractivity contribution in [2.75, 3.05) is 5.32 Å². The van der Waals surface area contributed by atoms with Crippen molar-refractivity contribution >= 4 is 23.1 Å². The van der Waals surface area contributed by atoms with Crippen LogP contribution in [-0.4, -0.2) is 25.5 Å². The molecule has 2 aromatic heterocycles. The van der Waals surface area contributed by atoms with Crippen LogP contribution in [0.4, 0.5) is 11.5 Å². The number of nitrogens with zero attached hydrogens (tertiary/aromatic N) is 4. The van der Waals surface area contributed by atoms with Gasteiger partial charge >= 0.3 is 5.69 Å². The van der Waals surface area contributed by atoms with Gasteiger partial charge in [-0.2, -0.15) is 0 Å². The van der Waals surface area contributed by atoms with Gasteiger partial charge in [0.05, 0.1) is 11.3 Å². The van der Waals surface area contributed by atoms with Crippen molar-refractivity contribution in [2.45, 2.75) is 19.5 Å². The molecule has 1 unspecified atom stereocenters. The van der Waals surface area contributed by atoms with Crippen LogP contribution in [-0.2, 0) is 6.54 Å². The van der Waals surface area contributed by atoms with Gasteiger partial charge in [0.25, 0.3) is 0 Å². The molecule has 2 aromatic rings. The van der Waals surface area contributed by atoms with Crippen molar-refractivity contribution in [1.82, 2.24) is 14.5 Å². The molecule has 0 saturated heterocycles. The van der Waals surface area contributed by atoms with Gasteiger partial charge in [-0.05, 0) is 13.0 Å². The van der Waals surface area contributed by atoms with Crippen molar-refractivity contribution in [1.29, 1.82) is 0 Å². The Kier molecular flexibility index (Phi) is 3.96. The van der Waals surface area contributed by atoms with Crippen molar-refractivity contribution in [3.63, 3.8) is 0 Å². The molecule has 2 heterocycles.